The van der Waals surface area contributed by atoms with E-state index in [1.165, 1.54) is 7.11 Å². The van der Waals surface area contributed by atoms with Gasteiger partial charge in [0.1, 0.15) is 6.04 Å². The van der Waals surface area contributed by atoms with Gasteiger partial charge in [-0.1, -0.05) is 0 Å². The van der Waals surface area contributed by atoms with E-state index in [1.807, 2.05) is 0 Å². The van der Waals surface area contributed by atoms with Gasteiger partial charge in [0.25, 0.3) is 0 Å². The largest absolute Gasteiger partial charge is 0.468 e. The zero-order valence-electron chi connectivity index (χ0n) is 8.40. The highest BCUT2D eigenvalue weighted by atomic mass is 16.7. The second-order valence-corrected chi connectivity index (χ2v) is 3.23. The Morgan fingerprint density at radius 3 is 2.79 bits per heavy atom. The summed E-state index contributed by atoms with van der Waals surface area (Å²) >= 11 is 0. The molecule has 5 nitrogen and oxygen atoms in total. The minimum Gasteiger partial charge on any atom is -0.468 e. The standard InChI is InChI=1S/C9H17NO4/c1-12-9(11)7(10)3-2-4-8-13-5-6-14-8/h7-8H,2-6,10H2,1H3/t7-/m0/s1. The lowest BCUT2D eigenvalue weighted by atomic mass is 10.1. The summed E-state index contributed by atoms with van der Waals surface area (Å²) in [4.78, 5) is 10.9. The summed E-state index contributed by atoms with van der Waals surface area (Å²) in [6, 6.07) is -0.526. The lowest BCUT2D eigenvalue weighted by Crippen LogP contribution is -2.31. The first-order chi connectivity index (χ1) is 6.74. The number of hydrogen-bond acceptors (Lipinski definition) is 5. The van der Waals surface area contributed by atoms with Crippen molar-refractivity contribution in [1.29, 1.82) is 0 Å². The number of methoxy groups -OCH3 is 1. The number of nitrogens with two attached hydrogens (primary N) is 1. The Morgan fingerprint density at radius 1 is 1.57 bits per heavy atom. The van der Waals surface area contributed by atoms with Crippen LogP contribution in [0.15, 0.2) is 0 Å². The van der Waals surface area contributed by atoms with Crippen molar-refractivity contribution < 1.29 is 19.0 Å². The van der Waals surface area contributed by atoms with E-state index in [4.69, 9.17) is 15.2 Å². The van der Waals surface area contributed by atoms with Crippen LogP contribution < -0.4 is 5.73 Å². The van der Waals surface area contributed by atoms with Gasteiger partial charge in [0, 0.05) is 0 Å². The molecule has 0 amide bonds. The van der Waals surface area contributed by atoms with Crippen molar-refractivity contribution in [2.45, 2.75) is 31.6 Å². The molecule has 1 fully saturated rings. The van der Waals surface area contributed by atoms with Crippen LogP contribution in [0.4, 0.5) is 0 Å². The molecule has 1 atom stereocenters. The zero-order chi connectivity index (χ0) is 10.4. The molecule has 0 aromatic heterocycles. The van der Waals surface area contributed by atoms with Crippen LogP contribution in [0.1, 0.15) is 19.3 Å². The third kappa shape index (κ3) is 3.61. The van der Waals surface area contributed by atoms with Gasteiger partial charge in [-0.15, -0.1) is 0 Å². The van der Waals surface area contributed by atoms with E-state index >= 15 is 0 Å². The van der Waals surface area contributed by atoms with Crippen LogP contribution in [-0.4, -0.2) is 38.6 Å². The Hall–Kier alpha value is -0.650. The molecule has 1 rings (SSSR count). The Balaban J connectivity index is 2.05. The predicted molar refractivity (Wildman–Crippen MR) is 49.5 cm³/mol. The third-order valence-corrected chi connectivity index (χ3v) is 2.15. The summed E-state index contributed by atoms with van der Waals surface area (Å²) in [6.07, 6.45) is 2.08. The van der Waals surface area contributed by atoms with Crippen LogP contribution in [-0.2, 0) is 19.0 Å². The maximum absolute atomic E-state index is 10.9. The van der Waals surface area contributed by atoms with Gasteiger partial charge in [-0.25, -0.2) is 0 Å². The average Bonchev–Trinajstić information content (AvgIpc) is 2.69. The number of hydrogen-bond donors (Lipinski definition) is 1. The predicted octanol–water partition coefficient (Wildman–Crippen LogP) is 0.0299. The van der Waals surface area contributed by atoms with Crippen molar-refractivity contribution in [3.8, 4) is 0 Å². The Morgan fingerprint density at radius 2 is 2.21 bits per heavy atom. The number of carbonyl (C=O) groups is 1. The fourth-order valence-corrected chi connectivity index (χ4v) is 1.35. The molecule has 0 saturated carbocycles. The first kappa shape index (κ1) is 11.4. The van der Waals surface area contributed by atoms with E-state index in [2.05, 4.69) is 4.74 Å². The zero-order valence-corrected chi connectivity index (χ0v) is 8.40. The smallest absolute Gasteiger partial charge is 0.322 e. The van der Waals surface area contributed by atoms with Crippen molar-refractivity contribution >= 4 is 5.97 Å². The monoisotopic (exact) mass is 203 g/mol. The minimum absolute atomic E-state index is 0.111. The van der Waals surface area contributed by atoms with Gasteiger partial charge in [-0.05, 0) is 19.3 Å². The lowest BCUT2D eigenvalue weighted by molar-refractivity contribution is -0.142. The Labute approximate surface area is 83.5 Å². The minimum atomic E-state index is -0.526. The van der Waals surface area contributed by atoms with Crippen molar-refractivity contribution in [3.63, 3.8) is 0 Å². The molecule has 2 N–H and O–H groups in total. The fraction of sp³-hybridized carbons (Fsp3) is 0.889. The molecule has 0 bridgehead atoms. The maximum Gasteiger partial charge on any atom is 0.322 e. The van der Waals surface area contributed by atoms with Crippen LogP contribution in [0.5, 0.6) is 0 Å². The van der Waals surface area contributed by atoms with E-state index in [0.29, 0.717) is 19.6 Å². The molecule has 0 aromatic carbocycles. The van der Waals surface area contributed by atoms with Crippen LogP contribution >= 0.6 is 0 Å². The first-order valence-electron chi connectivity index (χ1n) is 4.80. The summed E-state index contributed by atoms with van der Waals surface area (Å²) < 4.78 is 15.0. The van der Waals surface area contributed by atoms with Crippen molar-refractivity contribution in [3.05, 3.63) is 0 Å². The van der Waals surface area contributed by atoms with Crippen molar-refractivity contribution in [1.82, 2.24) is 0 Å². The summed E-state index contributed by atoms with van der Waals surface area (Å²) in [5.74, 6) is -0.363. The molecule has 82 valence electrons. The third-order valence-electron chi connectivity index (χ3n) is 2.15. The van der Waals surface area contributed by atoms with Crippen LogP contribution in [0.2, 0.25) is 0 Å². The number of esters is 1. The molecule has 1 heterocycles. The maximum atomic E-state index is 10.9. The van der Waals surface area contributed by atoms with Crippen LogP contribution in [0.25, 0.3) is 0 Å². The van der Waals surface area contributed by atoms with E-state index in [-0.39, 0.29) is 12.3 Å². The molecule has 1 saturated heterocycles. The van der Waals surface area contributed by atoms with Gasteiger partial charge < -0.3 is 19.9 Å². The van der Waals surface area contributed by atoms with Gasteiger partial charge in [0.15, 0.2) is 6.29 Å². The Bertz CT molecular complexity index is 180. The van der Waals surface area contributed by atoms with E-state index in [9.17, 15) is 4.79 Å². The lowest BCUT2D eigenvalue weighted by Gasteiger charge is -2.11. The van der Waals surface area contributed by atoms with Crippen LogP contribution in [0, 0.1) is 0 Å². The van der Waals surface area contributed by atoms with Crippen molar-refractivity contribution in [2.75, 3.05) is 20.3 Å². The van der Waals surface area contributed by atoms with E-state index < -0.39 is 6.04 Å². The molecule has 0 aromatic rings. The SMILES string of the molecule is COC(=O)[C@@H](N)CCCC1OCCO1. The van der Waals surface area contributed by atoms with Gasteiger partial charge in [-0.2, -0.15) is 0 Å². The molecule has 1 aliphatic rings. The quantitative estimate of drug-likeness (QED) is 0.638. The number of rotatable bonds is 5. The molecule has 0 radical (unpaired) electrons. The van der Waals surface area contributed by atoms with Crippen LogP contribution in [0.3, 0.4) is 0 Å². The van der Waals surface area contributed by atoms with E-state index in [1.54, 1.807) is 0 Å². The van der Waals surface area contributed by atoms with Gasteiger partial charge >= 0.3 is 5.97 Å². The van der Waals surface area contributed by atoms with Crippen molar-refractivity contribution in [2.24, 2.45) is 5.73 Å². The average molecular weight is 203 g/mol. The molecule has 14 heavy (non-hydrogen) atoms. The van der Waals surface area contributed by atoms with Gasteiger partial charge in [0.05, 0.1) is 20.3 Å². The Kier molecular flexibility index (Phi) is 4.86. The first-order valence-corrected chi connectivity index (χ1v) is 4.80. The molecule has 0 unspecified atom stereocenters. The molecular weight excluding hydrogens is 186 g/mol. The summed E-state index contributed by atoms with van der Waals surface area (Å²) in [6.45, 7) is 1.32. The highest BCUT2D eigenvalue weighted by molar-refractivity contribution is 5.75. The second-order valence-electron chi connectivity index (χ2n) is 3.23. The summed E-state index contributed by atoms with van der Waals surface area (Å²) in [5.41, 5.74) is 5.56. The molecule has 0 aliphatic carbocycles. The number of ether oxygens (including phenoxy) is 3. The summed E-state index contributed by atoms with van der Waals surface area (Å²) in [5, 5.41) is 0. The topological polar surface area (TPSA) is 70.8 Å². The highest BCUT2D eigenvalue weighted by Gasteiger charge is 2.18. The fourth-order valence-electron chi connectivity index (χ4n) is 1.35. The molecule has 1 aliphatic heterocycles. The molecule has 5 heteroatoms. The molecule has 0 spiro atoms. The van der Waals surface area contributed by atoms with Gasteiger partial charge in [0.2, 0.25) is 0 Å². The summed E-state index contributed by atoms with van der Waals surface area (Å²) in [7, 11) is 1.34. The van der Waals surface area contributed by atoms with Gasteiger partial charge in [-0.3, -0.25) is 4.79 Å². The number of carbonyl (C=O) groups excluding carboxylic acids is 1. The second kappa shape index (κ2) is 5.95. The normalized spacial score (nSPS) is 19.6. The van der Waals surface area contributed by atoms with E-state index in [0.717, 1.165) is 12.8 Å². The molecular formula is C9H17NO4. The highest BCUT2D eigenvalue weighted by Crippen LogP contribution is 2.12.